The molecule has 0 amide bonds. The van der Waals surface area contributed by atoms with Gasteiger partial charge in [0.2, 0.25) is 0 Å². The fourth-order valence-electron chi connectivity index (χ4n) is 3.65. The van der Waals surface area contributed by atoms with E-state index in [1.165, 1.54) is 6.20 Å². The summed E-state index contributed by atoms with van der Waals surface area (Å²) in [6.07, 6.45) is 3.63. The summed E-state index contributed by atoms with van der Waals surface area (Å²) in [5.41, 5.74) is 13.4. The first kappa shape index (κ1) is 22.2. The molecule has 11 heteroatoms. The van der Waals surface area contributed by atoms with Crippen LogP contribution in [0.5, 0.6) is 0 Å². The van der Waals surface area contributed by atoms with E-state index in [0.717, 1.165) is 25.9 Å². The molecule has 3 aromatic rings. The number of nitrogens with two attached hydrogens (primary N) is 2. The van der Waals surface area contributed by atoms with E-state index in [0.29, 0.717) is 29.7 Å². The summed E-state index contributed by atoms with van der Waals surface area (Å²) in [6.45, 7) is 5.52. The first-order valence-electron chi connectivity index (χ1n) is 10.6. The monoisotopic (exact) mass is 465 g/mol. The lowest BCUT2D eigenvalue weighted by atomic mass is 9.99. The zero-order chi connectivity index (χ0) is 22.9. The minimum atomic E-state index is -3.35. The fraction of sp³-hybridized carbons (Fsp3) is 0.429. The second kappa shape index (κ2) is 8.83. The Morgan fingerprint density at radius 2 is 2.00 bits per heavy atom. The molecule has 1 atom stereocenters. The molecule has 1 aromatic carbocycles. The highest BCUT2D eigenvalue weighted by molar-refractivity contribution is 7.92. The third kappa shape index (κ3) is 4.30. The van der Waals surface area contributed by atoms with Gasteiger partial charge in [-0.3, -0.25) is 0 Å². The van der Waals surface area contributed by atoms with Gasteiger partial charge in [-0.1, -0.05) is 17.2 Å². The quantitative estimate of drug-likeness (QED) is 0.554. The molecule has 0 saturated carbocycles. The lowest BCUT2D eigenvalue weighted by Crippen LogP contribution is -2.38. The maximum Gasteiger partial charge on any atom is 0.318 e. The zero-order valence-electron chi connectivity index (χ0n) is 18.1. The molecule has 32 heavy (non-hydrogen) atoms. The van der Waals surface area contributed by atoms with Crippen molar-refractivity contribution in [2.24, 2.45) is 11.7 Å². The van der Waals surface area contributed by atoms with Gasteiger partial charge in [0.25, 0.3) is 5.89 Å². The highest BCUT2D eigenvalue weighted by Crippen LogP contribution is 2.29. The van der Waals surface area contributed by atoms with Crippen LogP contribution in [0.1, 0.15) is 32.4 Å². The Labute approximate surface area is 192 Å². The Morgan fingerprint density at radius 1 is 1.25 bits per heavy atom. The number of nitrogen functional groups attached to an aromatic ring is 1. The van der Waals surface area contributed by atoms with Crippen LogP contribution in [0.25, 0.3) is 22.8 Å². The molecule has 0 bridgehead atoms. The Balaban J connectivity index is 0.00000306. The molecular formula is C21H35N7O3S. The number of benzene rings is 1. The van der Waals surface area contributed by atoms with E-state index in [-0.39, 0.29) is 28.0 Å². The molecule has 1 unspecified atom stereocenters. The first-order valence-corrected chi connectivity index (χ1v) is 12.1. The Morgan fingerprint density at radius 3 is 2.69 bits per heavy atom. The molecule has 4 N–H and O–H groups in total. The van der Waals surface area contributed by atoms with Gasteiger partial charge in [0.1, 0.15) is 0 Å². The van der Waals surface area contributed by atoms with Crippen molar-refractivity contribution >= 4 is 21.7 Å². The third-order valence-corrected chi connectivity index (χ3v) is 7.81. The van der Waals surface area contributed by atoms with Crippen molar-refractivity contribution < 1.29 is 18.5 Å². The van der Waals surface area contributed by atoms with E-state index in [2.05, 4.69) is 20.2 Å². The summed E-state index contributed by atoms with van der Waals surface area (Å²) in [5.74, 6) is 0.747. The van der Waals surface area contributed by atoms with Crippen LogP contribution in [-0.2, 0) is 9.84 Å². The summed E-state index contributed by atoms with van der Waals surface area (Å²) in [5, 5.41) is 7.79. The number of sulfone groups is 1. The van der Waals surface area contributed by atoms with Crippen LogP contribution in [0.15, 0.2) is 39.8 Å². The highest BCUT2D eigenvalue weighted by atomic mass is 32.2. The summed E-state index contributed by atoms with van der Waals surface area (Å²) in [7, 11) is -3.35. The van der Waals surface area contributed by atoms with Crippen molar-refractivity contribution in [3.63, 3.8) is 0 Å². The smallest absolute Gasteiger partial charge is 0.318 e. The van der Waals surface area contributed by atoms with E-state index >= 15 is 0 Å². The lowest BCUT2D eigenvalue weighted by Gasteiger charge is -2.30. The van der Waals surface area contributed by atoms with Gasteiger partial charge in [0, 0.05) is 24.4 Å². The molecule has 178 valence electrons. The fourth-order valence-corrected chi connectivity index (χ4v) is 4.71. The molecule has 3 heterocycles. The second-order valence-corrected chi connectivity index (χ2v) is 10.7. The first-order chi connectivity index (χ1) is 15.3. The SMILES string of the molecule is CC(C)S(=O)(=O)c1ccc(-c2cnc(N)c(-c3nnc(N4CCCC(CN)C4)o3)n2)cc1.[HH].[HH].[HH].[HH]. The Hall–Kier alpha value is -3.05. The van der Waals surface area contributed by atoms with Crippen LogP contribution in [0.2, 0.25) is 0 Å². The van der Waals surface area contributed by atoms with E-state index in [1.54, 1.807) is 38.1 Å². The van der Waals surface area contributed by atoms with Gasteiger partial charge in [0.15, 0.2) is 21.3 Å². The standard InChI is InChI=1S/C21H27N7O3S.4H2/c1-13(2)32(29,30)16-7-5-15(6-8-16)17-11-24-19(23)18(25-17)20-26-27-21(31-20)28-9-3-4-14(10-22)12-28;;;;/h5-8,11,13-14H,3-4,9-10,12,22H2,1-2H3,(H2,23,24);4*1H. The predicted octanol–water partition coefficient (Wildman–Crippen LogP) is 3.12. The largest absolute Gasteiger partial charge is 0.401 e. The zero-order valence-corrected chi connectivity index (χ0v) is 18.9. The van der Waals surface area contributed by atoms with Crippen LogP contribution in [0, 0.1) is 5.92 Å². The predicted molar refractivity (Wildman–Crippen MR) is 130 cm³/mol. The Kier molecular flexibility index (Phi) is 6.11. The second-order valence-electron chi connectivity index (χ2n) is 8.19. The third-order valence-electron chi connectivity index (χ3n) is 5.64. The molecule has 1 aliphatic rings. The van der Waals surface area contributed by atoms with E-state index < -0.39 is 15.1 Å². The highest BCUT2D eigenvalue weighted by Gasteiger charge is 2.24. The normalized spacial score (nSPS) is 17.1. The number of aromatic nitrogens is 4. The van der Waals surface area contributed by atoms with Crippen molar-refractivity contribution in [1.29, 1.82) is 0 Å². The topological polar surface area (TPSA) is 154 Å². The van der Waals surface area contributed by atoms with E-state index in [4.69, 9.17) is 15.9 Å². The number of hydrogen-bond acceptors (Lipinski definition) is 10. The van der Waals surface area contributed by atoms with Gasteiger partial charge in [-0.25, -0.2) is 18.4 Å². The van der Waals surface area contributed by atoms with Crippen LogP contribution in [0.4, 0.5) is 11.8 Å². The molecule has 0 spiro atoms. The van der Waals surface area contributed by atoms with Crippen molar-refractivity contribution in [2.75, 3.05) is 30.3 Å². The van der Waals surface area contributed by atoms with Crippen LogP contribution in [0.3, 0.4) is 0 Å². The van der Waals surface area contributed by atoms with Crippen LogP contribution < -0.4 is 16.4 Å². The summed E-state index contributed by atoms with van der Waals surface area (Å²) >= 11 is 0. The molecule has 1 fully saturated rings. The number of rotatable bonds is 6. The van der Waals surface area contributed by atoms with Crippen LogP contribution >= 0.6 is 0 Å². The number of piperidine rings is 1. The molecule has 1 aliphatic heterocycles. The minimum absolute atomic E-state index is 0. The van der Waals surface area contributed by atoms with Gasteiger partial charge >= 0.3 is 6.01 Å². The summed E-state index contributed by atoms with van der Waals surface area (Å²) < 4.78 is 30.6. The van der Waals surface area contributed by atoms with Crippen LogP contribution in [-0.4, -0.2) is 53.5 Å². The van der Waals surface area contributed by atoms with Gasteiger partial charge in [-0.15, -0.1) is 5.10 Å². The van der Waals surface area contributed by atoms with Gasteiger partial charge < -0.3 is 20.8 Å². The number of nitrogens with zero attached hydrogens (tertiary/aromatic N) is 5. The van der Waals surface area contributed by atoms with Crippen molar-refractivity contribution in [3.8, 4) is 22.8 Å². The molecule has 10 nitrogen and oxygen atoms in total. The van der Waals surface area contributed by atoms with Crippen molar-refractivity contribution in [2.45, 2.75) is 36.8 Å². The average molecular weight is 466 g/mol. The van der Waals surface area contributed by atoms with Crippen molar-refractivity contribution in [3.05, 3.63) is 30.5 Å². The number of anilines is 2. The number of hydrogen-bond donors (Lipinski definition) is 2. The van der Waals surface area contributed by atoms with Gasteiger partial charge in [-0.05, 0) is 51.3 Å². The van der Waals surface area contributed by atoms with E-state index in [9.17, 15) is 8.42 Å². The maximum absolute atomic E-state index is 12.4. The maximum atomic E-state index is 12.4. The molecule has 0 radical (unpaired) electrons. The van der Waals surface area contributed by atoms with Gasteiger partial charge in [-0.2, -0.15) is 0 Å². The van der Waals surface area contributed by atoms with Crippen molar-refractivity contribution in [1.82, 2.24) is 20.2 Å². The minimum Gasteiger partial charge on any atom is -0.401 e. The molecule has 0 aliphatic carbocycles. The molecule has 1 saturated heterocycles. The molecule has 4 rings (SSSR count). The van der Waals surface area contributed by atoms with Gasteiger partial charge in [0.05, 0.1) is 22.0 Å². The lowest BCUT2D eigenvalue weighted by molar-refractivity contribution is 0.400. The summed E-state index contributed by atoms with van der Waals surface area (Å²) in [6, 6.07) is 6.93. The Bertz CT molecular complexity index is 1210. The van der Waals surface area contributed by atoms with E-state index in [1.807, 2.05) is 4.90 Å². The molecule has 2 aromatic heterocycles. The average Bonchev–Trinajstić information content (AvgIpc) is 3.29. The molecular weight excluding hydrogens is 430 g/mol. The summed E-state index contributed by atoms with van der Waals surface area (Å²) in [4.78, 5) is 11.1.